The fourth-order valence-corrected chi connectivity index (χ4v) is 5.12. The first kappa shape index (κ1) is 25.8. The number of aromatic nitrogens is 1. The first-order valence-electron chi connectivity index (χ1n) is 12.6. The minimum Gasteiger partial charge on any atom is -0.508 e. The van der Waals surface area contributed by atoms with E-state index in [1.165, 1.54) is 0 Å². The zero-order chi connectivity index (χ0) is 26.8. The highest BCUT2D eigenvalue weighted by Crippen LogP contribution is 2.46. The average molecular weight is 528 g/mol. The van der Waals surface area contributed by atoms with E-state index in [2.05, 4.69) is 4.98 Å². The normalized spacial score (nSPS) is 17.7. The molecule has 6 nitrogen and oxygen atoms in total. The molecule has 1 saturated heterocycles. The highest BCUT2D eigenvalue weighted by molar-refractivity contribution is 6.30. The van der Waals surface area contributed by atoms with Gasteiger partial charge in [-0.25, -0.2) is 4.98 Å². The number of anilines is 2. The van der Waals surface area contributed by atoms with Crippen molar-refractivity contribution in [3.05, 3.63) is 107 Å². The molecule has 0 saturated carbocycles. The molecular weight excluding hydrogens is 498 g/mol. The van der Waals surface area contributed by atoms with Crippen LogP contribution in [0.5, 0.6) is 5.75 Å². The molecule has 3 atom stereocenters. The van der Waals surface area contributed by atoms with Crippen LogP contribution in [0.1, 0.15) is 36.1 Å². The Kier molecular flexibility index (Phi) is 7.36. The van der Waals surface area contributed by atoms with E-state index in [9.17, 15) is 15.0 Å². The van der Waals surface area contributed by atoms with Crippen molar-refractivity contribution in [1.82, 2.24) is 4.98 Å². The summed E-state index contributed by atoms with van der Waals surface area (Å²) in [7, 11) is 3.91. The lowest BCUT2D eigenvalue weighted by molar-refractivity contribution is -0.131. The number of carbonyl (C=O) groups is 1. The summed E-state index contributed by atoms with van der Waals surface area (Å²) in [6.07, 6.45) is 2.16. The van der Waals surface area contributed by atoms with Crippen LogP contribution in [0.25, 0.3) is 11.1 Å². The van der Waals surface area contributed by atoms with E-state index in [0.29, 0.717) is 17.9 Å². The van der Waals surface area contributed by atoms with E-state index >= 15 is 0 Å². The highest BCUT2D eigenvalue weighted by Gasteiger charge is 2.48. The SMILES string of the molecule is CN(C)c1ccc(-c2ccc(N3C(=O)[C@H](CC[C@H](O)c4ccc(Cl)cc4)[C@H]3c3ccc(O)cc3)cc2)cn1. The third kappa shape index (κ3) is 5.23. The van der Waals surface area contributed by atoms with Crippen LogP contribution in [0.3, 0.4) is 0 Å². The predicted octanol–water partition coefficient (Wildman–Crippen LogP) is 6.39. The number of benzene rings is 3. The van der Waals surface area contributed by atoms with Gasteiger partial charge < -0.3 is 20.0 Å². The van der Waals surface area contributed by atoms with Crippen LogP contribution >= 0.6 is 11.6 Å². The number of phenolic OH excluding ortho intramolecular Hbond substituents is 1. The number of hydrogen-bond donors (Lipinski definition) is 2. The standard InChI is InChI=1S/C31H30ClN3O3/c1-34(2)29-18-9-23(19-33-29)20-5-12-25(13-6-20)35-30(22-7-14-26(36)15-8-22)27(31(35)38)16-17-28(37)21-3-10-24(32)11-4-21/h3-15,18-19,27-28,30,36-37H,16-17H2,1-2H3/t27-,28+,30-/m1/s1. The van der Waals surface area contributed by atoms with Crippen molar-refractivity contribution in [3.63, 3.8) is 0 Å². The number of carbonyl (C=O) groups excluding carboxylic acids is 1. The molecule has 1 aliphatic heterocycles. The average Bonchev–Trinajstić information content (AvgIpc) is 2.93. The van der Waals surface area contributed by atoms with Gasteiger partial charge in [0.05, 0.1) is 18.1 Å². The van der Waals surface area contributed by atoms with Crippen molar-refractivity contribution in [2.45, 2.75) is 25.0 Å². The van der Waals surface area contributed by atoms with Crippen molar-refractivity contribution >= 4 is 29.0 Å². The molecule has 1 amide bonds. The number of phenols is 1. The first-order chi connectivity index (χ1) is 18.3. The topological polar surface area (TPSA) is 76.9 Å². The van der Waals surface area contributed by atoms with Gasteiger partial charge in [0.2, 0.25) is 5.91 Å². The second-order valence-electron chi connectivity index (χ2n) is 9.84. The Balaban J connectivity index is 1.36. The third-order valence-electron chi connectivity index (χ3n) is 7.14. The van der Waals surface area contributed by atoms with E-state index in [1.807, 2.05) is 90.8 Å². The van der Waals surface area contributed by atoms with Crippen molar-refractivity contribution in [3.8, 4) is 16.9 Å². The Bertz CT molecular complexity index is 1390. The summed E-state index contributed by atoms with van der Waals surface area (Å²) in [5.74, 6) is 0.819. The molecule has 0 bridgehead atoms. The fraction of sp³-hybridized carbons (Fsp3) is 0.226. The molecule has 7 heteroatoms. The summed E-state index contributed by atoms with van der Waals surface area (Å²) in [5, 5.41) is 21.1. The summed E-state index contributed by atoms with van der Waals surface area (Å²) in [4.78, 5) is 21.7. The second-order valence-corrected chi connectivity index (χ2v) is 10.3. The zero-order valence-electron chi connectivity index (χ0n) is 21.3. The van der Waals surface area contributed by atoms with Crippen molar-refractivity contribution in [2.75, 3.05) is 23.9 Å². The molecule has 0 radical (unpaired) electrons. The van der Waals surface area contributed by atoms with Gasteiger partial charge in [0, 0.05) is 36.6 Å². The maximum atomic E-state index is 13.4. The molecule has 2 N–H and O–H groups in total. The number of hydrogen-bond acceptors (Lipinski definition) is 5. The molecule has 1 aliphatic rings. The van der Waals surface area contributed by atoms with Crippen molar-refractivity contribution in [1.29, 1.82) is 0 Å². The van der Waals surface area contributed by atoms with E-state index in [-0.39, 0.29) is 23.6 Å². The van der Waals surface area contributed by atoms with Gasteiger partial charge in [0.25, 0.3) is 0 Å². The van der Waals surface area contributed by atoms with E-state index in [0.717, 1.165) is 33.8 Å². The molecule has 0 unspecified atom stereocenters. The second kappa shape index (κ2) is 10.9. The molecule has 4 aromatic rings. The zero-order valence-corrected chi connectivity index (χ0v) is 22.1. The monoisotopic (exact) mass is 527 g/mol. The van der Waals surface area contributed by atoms with Gasteiger partial charge in [0.1, 0.15) is 11.6 Å². The van der Waals surface area contributed by atoms with Gasteiger partial charge in [-0.3, -0.25) is 4.79 Å². The van der Waals surface area contributed by atoms with E-state index in [4.69, 9.17) is 11.6 Å². The van der Waals surface area contributed by atoms with E-state index in [1.54, 1.807) is 24.3 Å². The van der Waals surface area contributed by atoms with Gasteiger partial charge in [-0.05, 0) is 78.1 Å². The van der Waals surface area contributed by atoms with Crippen LogP contribution in [0.15, 0.2) is 91.1 Å². The maximum absolute atomic E-state index is 13.4. The molecule has 1 aromatic heterocycles. The van der Waals surface area contributed by atoms with Gasteiger partial charge in [-0.1, -0.05) is 48.0 Å². The van der Waals surface area contributed by atoms with Crippen LogP contribution in [0.4, 0.5) is 11.5 Å². The number of aromatic hydroxyl groups is 1. The number of aliphatic hydroxyl groups excluding tert-OH is 1. The van der Waals surface area contributed by atoms with Crippen LogP contribution in [-0.2, 0) is 4.79 Å². The number of halogens is 1. The molecule has 0 aliphatic carbocycles. The highest BCUT2D eigenvalue weighted by atomic mass is 35.5. The number of aliphatic hydroxyl groups is 1. The van der Waals surface area contributed by atoms with Crippen LogP contribution in [-0.4, -0.2) is 35.2 Å². The Hall–Kier alpha value is -3.87. The minimum atomic E-state index is -0.679. The van der Waals surface area contributed by atoms with Gasteiger partial charge in [0.15, 0.2) is 0 Å². The van der Waals surface area contributed by atoms with Crippen LogP contribution in [0.2, 0.25) is 5.02 Å². The van der Waals surface area contributed by atoms with Crippen molar-refractivity contribution in [2.24, 2.45) is 5.92 Å². The molecule has 2 heterocycles. The lowest BCUT2D eigenvalue weighted by atomic mass is 9.78. The summed E-state index contributed by atoms with van der Waals surface area (Å²) >= 11 is 5.97. The fourth-order valence-electron chi connectivity index (χ4n) is 5.00. The molecule has 194 valence electrons. The Labute approximate surface area is 227 Å². The number of rotatable bonds is 8. The molecule has 3 aromatic carbocycles. The van der Waals surface area contributed by atoms with Gasteiger partial charge >= 0.3 is 0 Å². The number of amides is 1. The summed E-state index contributed by atoms with van der Waals surface area (Å²) in [5.41, 5.74) is 4.55. The Morgan fingerprint density at radius 2 is 1.58 bits per heavy atom. The quantitative estimate of drug-likeness (QED) is 0.260. The molecule has 1 fully saturated rings. The number of nitrogens with zero attached hydrogens (tertiary/aromatic N) is 3. The lowest BCUT2D eigenvalue weighted by Gasteiger charge is -2.48. The maximum Gasteiger partial charge on any atom is 0.233 e. The first-order valence-corrected chi connectivity index (χ1v) is 13.0. The van der Waals surface area contributed by atoms with Gasteiger partial charge in [-0.2, -0.15) is 0 Å². The van der Waals surface area contributed by atoms with Crippen LogP contribution in [0, 0.1) is 5.92 Å². The smallest absolute Gasteiger partial charge is 0.233 e. The molecule has 5 rings (SSSR count). The summed E-state index contributed by atoms with van der Waals surface area (Å²) in [6.45, 7) is 0. The van der Waals surface area contributed by atoms with Crippen molar-refractivity contribution < 1.29 is 15.0 Å². The predicted molar refractivity (Wildman–Crippen MR) is 151 cm³/mol. The summed E-state index contributed by atoms with van der Waals surface area (Å²) in [6, 6.07) is 25.9. The number of β-lactam (4-membered cyclic amide) rings is 1. The van der Waals surface area contributed by atoms with Crippen LogP contribution < -0.4 is 9.80 Å². The Morgan fingerprint density at radius 1 is 0.921 bits per heavy atom. The third-order valence-corrected chi connectivity index (χ3v) is 7.39. The minimum absolute atomic E-state index is 0.0242. The lowest BCUT2D eigenvalue weighted by Crippen LogP contribution is -2.55. The molecule has 38 heavy (non-hydrogen) atoms. The summed E-state index contributed by atoms with van der Waals surface area (Å²) < 4.78 is 0. The number of pyridine rings is 1. The van der Waals surface area contributed by atoms with Gasteiger partial charge in [-0.15, -0.1) is 0 Å². The Morgan fingerprint density at radius 3 is 2.18 bits per heavy atom. The molecular formula is C31H30ClN3O3. The van der Waals surface area contributed by atoms with E-state index < -0.39 is 6.10 Å². The largest absolute Gasteiger partial charge is 0.508 e. The molecule has 0 spiro atoms.